The molecule has 0 radical (unpaired) electrons. The van der Waals surface area contributed by atoms with E-state index in [2.05, 4.69) is 23.8 Å². The Balaban J connectivity index is 3.34. The van der Waals surface area contributed by atoms with Crippen molar-refractivity contribution in [2.45, 2.75) is 12.8 Å². The van der Waals surface area contributed by atoms with Crippen LogP contribution in [0, 0.1) is 0 Å². The summed E-state index contributed by atoms with van der Waals surface area (Å²) in [5.41, 5.74) is 0. The Bertz CT molecular complexity index is 299. The van der Waals surface area contributed by atoms with Crippen LogP contribution in [-0.4, -0.2) is 38.1 Å². The largest absolute Gasteiger partial charge is 0.352 e. The van der Waals surface area contributed by atoms with E-state index in [4.69, 9.17) is 20.3 Å². The van der Waals surface area contributed by atoms with Gasteiger partial charge >= 0.3 is 0 Å². The van der Waals surface area contributed by atoms with Crippen molar-refractivity contribution < 1.29 is 18.6 Å². The van der Waals surface area contributed by atoms with Crippen LogP contribution in [0.1, 0.15) is 12.8 Å². The number of nitrogens with one attached hydrogen (secondary N) is 2. The number of amides is 2. The SMILES string of the molecule is C=CC(=O)NCCCOP(Cl)OCCCNC(=O)C=C. The van der Waals surface area contributed by atoms with Crippen LogP contribution in [0.5, 0.6) is 0 Å². The van der Waals surface area contributed by atoms with E-state index in [1.54, 1.807) is 0 Å². The fourth-order valence-electron chi connectivity index (χ4n) is 1.02. The van der Waals surface area contributed by atoms with Crippen LogP contribution in [0.4, 0.5) is 0 Å². The van der Waals surface area contributed by atoms with Gasteiger partial charge in [-0.2, -0.15) is 0 Å². The maximum atomic E-state index is 10.8. The van der Waals surface area contributed by atoms with Crippen molar-refractivity contribution in [3.8, 4) is 0 Å². The van der Waals surface area contributed by atoms with Crippen molar-refractivity contribution in [2.75, 3.05) is 26.3 Å². The highest BCUT2D eigenvalue weighted by atomic mass is 35.7. The summed E-state index contributed by atoms with van der Waals surface area (Å²) in [4.78, 5) is 21.7. The van der Waals surface area contributed by atoms with Gasteiger partial charge in [-0.05, 0) is 36.2 Å². The maximum Gasteiger partial charge on any atom is 0.276 e. The second-order valence-corrected chi connectivity index (χ2v) is 5.35. The minimum atomic E-state index is -1.45. The Kier molecular flexibility index (Phi) is 12.4. The van der Waals surface area contributed by atoms with E-state index in [0.29, 0.717) is 39.1 Å². The lowest BCUT2D eigenvalue weighted by Crippen LogP contribution is -2.22. The van der Waals surface area contributed by atoms with E-state index in [-0.39, 0.29) is 11.8 Å². The van der Waals surface area contributed by atoms with Gasteiger partial charge in [-0.15, -0.1) is 0 Å². The normalized spacial score (nSPS) is 10.1. The van der Waals surface area contributed by atoms with Gasteiger partial charge in [0, 0.05) is 13.1 Å². The molecule has 0 heterocycles. The predicted molar refractivity (Wildman–Crippen MR) is 80.3 cm³/mol. The monoisotopic (exact) mass is 322 g/mol. The second kappa shape index (κ2) is 13.1. The summed E-state index contributed by atoms with van der Waals surface area (Å²) < 4.78 is 10.5. The van der Waals surface area contributed by atoms with E-state index in [1.807, 2.05) is 0 Å². The first-order valence-corrected chi connectivity index (χ1v) is 8.20. The minimum absolute atomic E-state index is 0.212. The van der Waals surface area contributed by atoms with Crippen molar-refractivity contribution in [3.63, 3.8) is 0 Å². The van der Waals surface area contributed by atoms with Gasteiger partial charge in [0.25, 0.3) is 7.73 Å². The van der Waals surface area contributed by atoms with Gasteiger partial charge in [0.15, 0.2) is 0 Å². The summed E-state index contributed by atoms with van der Waals surface area (Å²) in [7, 11) is -1.45. The molecule has 8 heteroatoms. The zero-order valence-electron chi connectivity index (χ0n) is 11.3. The fraction of sp³-hybridized carbons (Fsp3) is 0.500. The standard InChI is InChI=1S/C12H20ClN2O4P/c1-3-11(16)14-7-5-9-18-20(13)19-10-6-8-15-12(17)4-2/h3-4H,1-2,5-10H2,(H,14,16)(H,15,17). The van der Waals surface area contributed by atoms with Gasteiger partial charge in [-0.3, -0.25) is 9.59 Å². The Labute approximate surface area is 125 Å². The van der Waals surface area contributed by atoms with Crippen LogP contribution in [-0.2, 0) is 18.6 Å². The van der Waals surface area contributed by atoms with Crippen LogP contribution >= 0.6 is 19.0 Å². The van der Waals surface area contributed by atoms with E-state index >= 15 is 0 Å². The molecular formula is C12H20ClN2O4P. The summed E-state index contributed by atoms with van der Waals surface area (Å²) in [6, 6.07) is 0. The lowest BCUT2D eigenvalue weighted by Gasteiger charge is -2.10. The van der Waals surface area contributed by atoms with Crippen LogP contribution in [0.15, 0.2) is 25.3 Å². The molecule has 0 spiro atoms. The molecule has 2 N–H and O–H groups in total. The number of hydrogen-bond donors (Lipinski definition) is 2. The molecule has 0 rings (SSSR count). The molecule has 0 aromatic carbocycles. The van der Waals surface area contributed by atoms with Gasteiger partial charge in [-0.25, -0.2) is 0 Å². The first-order valence-electron chi connectivity index (χ1n) is 6.12. The average molecular weight is 323 g/mol. The lowest BCUT2D eigenvalue weighted by molar-refractivity contribution is -0.117. The summed E-state index contributed by atoms with van der Waals surface area (Å²) in [6.45, 7) is 8.48. The molecule has 0 aromatic heterocycles. The fourth-order valence-corrected chi connectivity index (χ4v) is 2.06. The highest BCUT2D eigenvalue weighted by Gasteiger charge is 2.06. The number of halogens is 1. The highest BCUT2D eigenvalue weighted by molar-refractivity contribution is 7.76. The Morgan fingerprint density at radius 2 is 1.40 bits per heavy atom. The first-order chi connectivity index (χ1) is 9.60. The third-order valence-electron chi connectivity index (χ3n) is 2.00. The van der Waals surface area contributed by atoms with Crippen LogP contribution < -0.4 is 10.6 Å². The molecule has 0 aliphatic rings. The Morgan fingerprint density at radius 3 is 1.75 bits per heavy atom. The molecule has 0 aromatic rings. The quantitative estimate of drug-likeness (QED) is 0.327. The third-order valence-corrected chi connectivity index (χ3v) is 3.35. The van der Waals surface area contributed by atoms with Crippen LogP contribution in [0.2, 0.25) is 0 Å². The number of hydrogen-bond acceptors (Lipinski definition) is 4. The van der Waals surface area contributed by atoms with Crippen molar-refractivity contribution in [1.82, 2.24) is 10.6 Å². The second-order valence-electron chi connectivity index (χ2n) is 3.58. The van der Waals surface area contributed by atoms with Crippen molar-refractivity contribution in [1.29, 1.82) is 0 Å². The summed E-state index contributed by atoms with van der Waals surface area (Å²) in [5, 5.41) is 5.24. The van der Waals surface area contributed by atoms with Gasteiger partial charge in [0.05, 0.1) is 13.2 Å². The zero-order chi connectivity index (χ0) is 15.2. The zero-order valence-corrected chi connectivity index (χ0v) is 12.9. The molecule has 114 valence electrons. The Hall–Kier alpha value is -0.940. The molecule has 0 aliphatic carbocycles. The lowest BCUT2D eigenvalue weighted by atomic mass is 10.4. The topological polar surface area (TPSA) is 76.7 Å². The number of carbonyl (C=O) groups is 2. The summed E-state index contributed by atoms with van der Waals surface area (Å²) in [6.07, 6.45) is 3.71. The molecule has 0 saturated heterocycles. The van der Waals surface area contributed by atoms with Crippen LogP contribution in [0.25, 0.3) is 0 Å². The molecule has 2 amide bonds. The third kappa shape index (κ3) is 12.1. The molecule has 20 heavy (non-hydrogen) atoms. The molecule has 6 nitrogen and oxygen atoms in total. The molecule has 0 bridgehead atoms. The van der Waals surface area contributed by atoms with Crippen molar-refractivity contribution in [3.05, 3.63) is 25.3 Å². The van der Waals surface area contributed by atoms with E-state index < -0.39 is 7.73 Å². The molecular weight excluding hydrogens is 303 g/mol. The molecule has 0 unspecified atom stereocenters. The smallest absolute Gasteiger partial charge is 0.276 e. The Morgan fingerprint density at radius 1 is 1.00 bits per heavy atom. The minimum Gasteiger partial charge on any atom is -0.352 e. The predicted octanol–water partition coefficient (Wildman–Crippen LogP) is 1.87. The van der Waals surface area contributed by atoms with Gasteiger partial charge in [-0.1, -0.05) is 13.2 Å². The summed E-state index contributed by atoms with van der Waals surface area (Å²) >= 11 is 5.83. The van der Waals surface area contributed by atoms with E-state index in [0.717, 1.165) is 0 Å². The maximum absolute atomic E-state index is 10.8. The highest BCUT2D eigenvalue weighted by Crippen LogP contribution is 2.43. The van der Waals surface area contributed by atoms with Gasteiger partial charge < -0.3 is 19.7 Å². The van der Waals surface area contributed by atoms with Crippen molar-refractivity contribution in [2.24, 2.45) is 0 Å². The molecule has 0 fully saturated rings. The first kappa shape index (κ1) is 19.1. The van der Waals surface area contributed by atoms with Crippen LogP contribution in [0.3, 0.4) is 0 Å². The van der Waals surface area contributed by atoms with Crippen molar-refractivity contribution >= 4 is 30.8 Å². The number of rotatable bonds is 12. The van der Waals surface area contributed by atoms with E-state index in [1.165, 1.54) is 12.2 Å². The van der Waals surface area contributed by atoms with Gasteiger partial charge in [0.1, 0.15) is 0 Å². The number of carbonyl (C=O) groups excluding carboxylic acids is 2. The van der Waals surface area contributed by atoms with Gasteiger partial charge in [0.2, 0.25) is 11.8 Å². The average Bonchev–Trinajstić information content (AvgIpc) is 2.45. The molecule has 0 saturated carbocycles. The molecule has 0 atom stereocenters. The molecule has 0 aliphatic heterocycles. The van der Waals surface area contributed by atoms with E-state index in [9.17, 15) is 9.59 Å². The summed E-state index contributed by atoms with van der Waals surface area (Å²) in [5.74, 6) is -0.424.